The zero-order valence-electron chi connectivity index (χ0n) is 9.54. The number of nitrogens with zero attached hydrogens (tertiary/aromatic N) is 1. The minimum absolute atomic E-state index is 0.0386. The second-order valence-electron chi connectivity index (χ2n) is 3.96. The molecule has 0 radical (unpaired) electrons. The van der Waals surface area contributed by atoms with Crippen LogP contribution >= 0.6 is 0 Å². The molecule has 2 rings (SSSR count). The van der Waals surface area contributed by atoms with Gasteiger partial charge >= 0.3 is 6.18 Å². The van der Waals surface area contributed by atoms with Gasteiger partial charge in [-0.1, -0.05) is 6.07 Å². The van der Waals surface area contributed by atoms with Gasteiger partial charge in [0.25, 0.3) is 0 Å². The van der Waals surface area contributed by atoms with E-state index in [-0.39, 0.29) is 11.3 Å². The molecule has 0 unspecified atom stereocenters. The number of hydrogen-bond donors (Lipinski definition) is 0. The van der Waals surface area contributed by atoms with E-state index in [0.717, 1.165) is 6.07 Å². The van der Waals surface area contributed by atoms with E-state index in [0.29, 0.717) is 32.6 Å². The summed E-state index contributed by atoms with van der Waals surface area (Å²) in [5.41, 5.74) is -0.746. The highest BCUT2D eigenvalue weighted by Crippen LogP contribution is 2.38. The number of rotatable bonds is 2. The number of ether oxygens (including phenoxy) is 1. The molecule has 1 saturated heterocycles. The van der Waals surface area contributed by atoms with Crippen LogP contribution in [0.4, 0.5) is 18.9 Å². The molecule has 0 saturated carbocycles. The highest BCUT2D eigenvalue weighted by molar-refractivity contribution is 5.86. The van der Waals surface area contributed by atoms with Crippen molar-refractivity contribution in [3.05, 3.63) is 29.3 Å². The van der Waals surface area contributed by atoms with E-state index >= 15 is 0 Å². The Balaban J connectivity index is 2.50. The van der Waals surface area contributed by atoms with Gasteiger partial charge in [-0.05, 0) is 12.1 Å². The molecule has 6 heteroatoms. The van der Waals surface area contributed by atoms with Crippen molar-refractivity contribution in [1.29, 1.82) is 0 Å². The average molecular weight is 259 g/mol. The van der Waals surface area contributed by atoms with Crippen molar-refractivity contribution in [2.75, 3.05) is 31.2 Å². The van der Waals surface area contributed by atoms with E-state index in [2.05, 4.69) is 0 Å². The van der Waals surface area contributed by atoms with Crippen molar-refractivity contribution in [3.63, 3.8) is 0 Å². The number of hydrogen-bond acceptors (Lipinski definition) is 3. The highest BCUT2D eigenvalue weighted by atomic mass is 19.4. The van der Waals surface area contributed by atoms with Gasteiger partial charge in [0, 0.05) is 18.7 Å². The fourth-order valence-corrected chi connectivity index (χ4v) is 2.03. The smallest absolute Gasteiger partial charge is 0.378 e. The molecule has 1 aromatic carbocycles. The molecular weight excluding hydrogens is 247 g/mol. The number of anilines is 1. The first-order valence-corrected chi connectivity index (χ1v) is 5.52. The second kappa shape index (κ2) is 4.97. The quantitative estimate of drug-likeness (QED) is 0.763. The molecule has 1 heterocycles. The topological polar surface area (TPSA) is 29.5 Å². The Morgan fingerprint density at radius 2 is 1.89 bits per heavy atom. The minimum Gasteiger partial charge on any atom is -0.378 e. The van der Waals surface area contributed by atoms with Crippen molar-refractivity contribution >= 4 is 12.0 Å². The Kier molecular flexibility index (Phi) is 3.56. The molecular formula is C12H12F3NO2. The summed E-state index contributed by atoms with van der Waals surface area (Å²) in [6.45, 7) is 1.44. The molecule has 18 heavy (non-hydrogen) atoms. The van der Waals surface area contributed by atoms with Crippen LogP contribution in [-0.4, -0.2) is 32.6 Å². The van der Waals surface area contributed by atoms with E-state index in [1.54, 1.807) is 4.90 Å². The molecule has 0 spiro atoms. The van der Waals surface area contributed by atoms with Gasteiger partial charge in [-0.3, -0.25) is 4.79 Å². The normalized spacial score (nSPS) is 16.7. The minimum atomic E-state index is -4.47. The first-order valence-electron chi connectivity index (χ1n) is 5.52. The third-order valence-corrected chi connectivity index (χ3v) is 2.83. The molecule has 0 bridgehead atoms. The second-order valence-corrected chi connectivity index (χ2v) is 3.96. The van der Waals surface area contributed by atoms with Gasteiger partial charge in [0.2, 0.25) is 0 Å². The zero-order valence-corrected chi connectivity index (χ0v) is 9.54. The summed E-state index contributed by atoms with van der Waals surface area (Å²) in [5.74, 6) is 0. The number of morpholine rings is 1. The van der Waals surface area contributed by atoms with Crippen LogP contribution in [0.2, 0.25) is 0 Å². The predicted molar refractivity (Wildman–Crippen MR) is 59.9 cm³/mol. The molecule has 1 fully saturated rings. The molecule has 98 valence electrons. The summed E-state index contributed by atoms with van der Waals surface area (Å²) in [4.78, 5) is 12.5. The summed E-state index contributed by atoms with van der Waals surface area (Å²) < 4.78 is 43.9. The molecule has 0 aliphatic carbocycles. The van der Waals surface area contributed by atoms with Crippen LogP contribution in [0.25, 0.3) is 0 Å². The van der Waals surface area contributed by atoms with Gasteiger partial charge in [0.1, 0.15) is 0 Å². The van der Waals surface area contributed by atoms with Crippen LogP contribution in [0.5, 0.6) is 0 Å². The van der Waals surface area contributed by atoms with E-state index in [1.807, 2.05) is 0 Å². The third-order valence-electron chi connectivity index (χ3n) is 2.83. The number of benzene rings is 1. The van der Waals surface area contributed by atoms with Gasteiger partial charge in [0.15, 0.2) is 6.29 Å². The fraction of sp³-hybridized carbons (Fsp3) is 0.417. The van der Waals surface area contributed by atoms with Crippen molar-refractivity contribution in [2.24, 2.45) is 0 Å². The molecule has 3 nitrogen and oxygen atoms in total. The summed E-state index contributed by atoms with van der Waals surface area (Å²) in [5, 5.41) is 0. The van der Waals surface area contributed by atoms with Crippen LogP contribution < -0.4 is 4.90 Å². The average Bonchev–Trinajstić information content (AvgIpc) is 2.38. The maximum Gasteiger partial charge on any atom is 0.418 e. The first-order chi connectivity index (χ1) is 8.54. The standard InChI is InChI=1S/C12H12F3NO2/c13-12(14,15)10-3-1-2-9(8-17)11(10)16-4-6-18-7-5-16/h1-3,8H,4-7H2. The van der Waals surface area contributed by atoms with E-state index < -0.39 is 11.7 Å². The SMILES string of the molecule is O=Cc1cccc(C(F)(F)F)c1N1CCOCC1. The summed E-state index contributed by atoms with van der Waals surface area (Å²) in [7, 11) is 0. The zero-order chi connectivity index (χ0) is 13.2. The lowest BCUT2D eigenvalue weighted by atomic mass is 10.1. The Morgan fingerprint density at radius 3 is 2.44 bits per heavy atom. The number of carbonyl (C=O) groups is 1. The van der Waals surface area contributed by atoms with Crippen LogP contribution in [0.3, 0.4) is 0 Å². The Bertz CT molecular complexity index is 439. The largest absolute Gasteiger partial charge is 0.418 e. The number of para-hydroxylation sites is 1. The van der Waals surface area contributed by atoms with Crippen LogP contribution in [0, 0.1) is 0 Å². The number of halogens is 3. The maximum absolute atomic E-state index is 12.9. The van der Waals surface area contributed by atoms with E-state index in [1.165, 1.54) is 12.1 Å². The molecule has 1 aromatic rings. The lowest BCUT2D eigenvalue weighted by Gasteiger charge is -2.32. The first kappa shape index (κ1) is 12.9. The van der Waals surface area contributed by atoms with Crippen LogP contribution in [0.15, 0.2) is 18.2 Å². The van der Waals surface area contributed by atoms with Crippen LogP contribution in [0.1, 0.15) is 15.9 Å². The van der Waals surface area contributed by atoms with Crippen molar-refractivity contribution < 1.29 is 22.7 Å². The summed E-state index contributed by atoms with van der Waals surface area (Å²) in [6, 6.07) is 3.64. The Morgan fingerprint density at radius 1 is 1.22 bits per heavy atom. The highest BCUT2D eigenvalue weighted by Gasteiger charge is 2.36. The number of aldehydes is 1. The molecule has 0 aromatic heterocycles. The summed E-state index contributed by atoms with van der Waals surface area (Å²) in [6.07, 6.45) is -4.01. The fourth-order valence-electron chi connectivity index (χ4n) is 2.03. The van der Waals surface area contributed by atoms with E-state index in [9.17, 15) is 18.0 Å². The van der Waals surface area contributed by atoms with Gasteiger partial charge in [-0.25, -0.2) is 0 Å². The third kappa shape index (κ3) is 2.48. The predicted octanol–water partition coefficient (Wildman–Crippen LogP) is 2.35. The number of alkyl halides is 3. The molecule has 1 aliphatic rings. The molecule has 0 atom stereocenters. The van der Waals surface area contributed by atoms with Crippen molar-refractivity contribution in [2.45, 2.75) is 6.18 Å². The lowest BCUT2D eigenvalue weighted by molar-refractivity contribution is -0.137. The van der Waals surface area contributed by atoms with Gasteiger partial charge in [0.05, 0.1) is 24.5 Å². The van der Waals surface area contributed by atoms with Crippen LogP contribution in [-0.2, 0) is 10.9 Å². The monoisotopic (exact) mass is 259 g/mol. The molecule has 0 N–H and O–H groups in total. The Hall–Kier alpha value is -1.56. The Labute approximate surface area is 102 Å². The lowest BCUT2D eigenvalue weighted by Crippen LogP contribution is -2.38. The number of carbonyl (C=O) groups excluding carboxylic acids is 1. The van der Waals surface area contributed by atoms with Gasteiger partial charge in [-0.15, -0.1) is 0 Å². The summed E-state index contributed by atoms with van der Waals surface area (Å²) >= 11 is 0. The van der Waals surface area contributed by atoms with Gasteiger partial charge < -0.3 is 9.64 Å². The van der Waals surface area contributed by atoms with Crippen molar-refractivity contribution in [1.82, 2.24) is 0 Å². The van der Waals surface area contributed by atoms with Crippen molar-refractivity contribution in [3.8, 4) is 0 Å². The molecule has 1 aliphatic heterocycles. The maximum atomic E-state index is 12.9. The van der Waals surface area contributed by atoms with E-state index in [4.69, 9.17) is 4.74 Å². The van der Waals surface area contributed by atoms with Gasteiger partial charge in [-0.2, -0.15) is 13.2 Å². The molecule has 0 amide bonds.